The lowest BCUT2D eigenvalue weighted by Gasteiger charge is -2.22. The van der Waals surface area contributed by atoms with Crippen LogP contribution in [0.25, 0.3) is 11.0 Å². The average Bonchev–Trinajstić information content (AvgIpc) is 2.83. The van der Waals surface area contributed by atoms with E-state index in [4.69, 9.17) is 4.74 Å². The van der Waals surface area contributed by atoms with E-state index in [0.29, 0.717) is 12.3 Å². The van der Waals surface area contributed by atoms with Crippen LogP contribution in [0.15, 0.2) is 23.4 Å². The van der Waals surface area contributed by atoms with E-state index in [9.17, 15) is 5.11 Å². The van der Waals surface area contributed by atoms with Crippen molar-refractivity contribution in [2.75, 3.05) is 19.4 Å². The fourth-order valence-corrected chi connectivity index (χ4v) is 2.63. The number of aromatic amines is 1. The zero-order valence-corrected chi connectivity index (χ0v) is 13.8. The van der Waals surface area contributed by atoms with Crippen molar-refractivity contribution >= 4 is 22.8 Å². The second-order valence-electron chi connectivity index (χ2n) is 6.02. The molecule has 5 nitrogen and oxygen atoms in total. The second kappa shape index (κ2) is 6.68. The number of imidazole rings is 1. The molecule has 1 aromatic carbocycles. The van der Waals surface area contributed by atoms with Crippen LogP contribution in [0.3, 0.4) is 0 Å². The summed E-state index contributed by atoms with van der Waals surface area (Å²) in [6.45, 7) is 6.82. The summed E-state index contributed by atoms with van der Waals surface area (Å²) in [6.07, 6.45) is -0.406. The van der Waals surface area contributed by atoms with Crippen LogP contribution in [0, 0.1) is 0 Å². The molecule has 0 fully saturated rings. The molecule has 21 heavy (non-hydrogen) atoms. The van der Waals surface area contributed by atoms with Crippen LogP contribution in [0.1, 0.15) is 20.8 Å². The molecule has 0 aliphatic carbocycles. The van der Waals surface area contributed by atoms with Crippen LogP contribution in [0.5, 0.6) is 5.75 Å². The summed E-state index contributed by atoms with van der Waals surface area (Å²) in [5.41, 5.74) is 1.86. The lowest BCUT2D eigenvalue weighted by molar-refractivity contribution is 0.183. The van der Waals surface area contributed by atoms with Gasteiger partial charge >= 0.3 is 0 Å². The number of rotatable bonds is 6. The number of β-amino-alcohol motifs (C(OH)–C–C–N with tert-alkyl or cyclic N) is 1. The van der Waals surface area contributed by atoms with Crippen molar-refractivity contribution in [2.45, 2.75) is 37.6 Å². The Hall–Kier alpha value is -1.24. The number of H-pyrrole nitrogens is 1. The predicted octanol–water partition coefficient (Wildman–Crippen LogP) is 2.41. The number of aromatic nitrogens is 2. The highest BCUT2D eigenvalue weighted by atomic mass is 32.2. The van der Waals surface area contributed by atoms with Crippen LogP contribution >= 0.6 is 11.8 Å². The Kier molecular flexibility index (Phi) is 5.13. The van der Waals surface area contributed by atoms with Gasteiger partial charge in [-0.05, 0) is 32.9 Å². The molecule has 0 radical (unpaired) electrons. The Bertz CT molecular complexity index is 592. The number of methoxy groups -OCH3 is 1. The monoisotopic (exact) mass is 309 g/mol. The summed E-state index contributed by atoms with van der Waals surface area (Å²) in [5, 5.41) is 14.1. The highest BCUT2D eigenvalue weighted by molar-refractivity contribution is 7.99. The second-order valence-corrected chi connectivity index (χ2v) is 7.03. The summed E-state index contributed by atoms with van der Waals surface area (Å²) in [7, 11) is 1.64. The molecule has 0 aliphatic rings. The third-order valence-electron chi connectivity index (χ3n) is 2.95. The van der Waals surface area contributed by atoms with Crippen molar-refractivity contribution in [1.29, 1.82) is 0 Å². The van der Waals surface area contributed by atoms with Gasteiger partial charge in [-0.3, -0.25) is 0 Å². The summed E-state index contributed by atoms with van der Waals surface area (Å²) < 4.78 is 5.19. The molecule has 0 saturated carbocycles. The largest absolute Gasteiger partial charge is 0.497 e. The van der Waals surface area contributed by atoms with Crippen LogP contribution in [-0.4, -0.2) is 46.1 Å². The third kappa shape index (κ3) is 4.91. The average molecular weight is 309 g/mol. The number of nitrogens with one attached hydrogen (secondary N) is 2. The maximum absolute atomic E-state index is 9.99. The lowest BCUT2D eigenvalue weighted by atomic mass is 10.1. The minimum Gasteiger partial charge on any atom is -0.497 e. The van der Waals surface area contributed by atoms with E-state index in [1.807, 2.05) is 18.2 Å². The van der Waals surface area contributed by atoms with Crippen LogP contribution < -0.4 is 10.1 Å². The van der Waals surface area contributed by atoms with Gasteiger partial charge in [-0.25, -0.2) is 4.98 Å². The Morgan fingerprint density at radius 1 is 1.43 bits per heavy atom. The van der Waals surface area contributed by atoms with Gasteiger partial charge in [-0.1, -0.05) is 11.8 Å². The van der Waals surface area contributed by atoms with Crippen molar-refractivity contribution in [1.82, 2.24) is 15.3 Å². The molecular formula is C15H23N3O2S. The zero-order valence-electron chi connectivity index (χ0n) is 12.9. The first-order valence-electron chi connectivity index (χ1n) is 6.97. The molecule has 2 rings (SSSR count). The van der Waals surface area contributed by atoms with Crippen molar-refractivity contribution < 1.29 is 9.84 Å². The highest BCUT2D eigenvalue weighted by Crippen LogP contribution is 2.23. The number of aliphatic hydroxyl groups is 1. The molecule has 116 valence electrons. The van der Waals surface area contributed by atoms with Crippen LogP contribution in [0.4, 0.5) is 0 Å². The van der Waals surface area contributed by atoms with Gasteiger partial charge in [-0.2, -0.15) is 0 Å². The lowest BCUT2D eigenvalue weighted by Crippen LogP contribution is -2.41. The van der Waals surface area contributed by atoms with Gasteiger partial charge in [0.2, 0.25) is 0 Å². The molecule has 2 aromatic rings. The zero-order chi connectivity index (χ0) is 15.5. The third-order valence-corrected chi connectivity index (χ3v) is 3.97. The summed E-state index contributed by atoms with van der Waals surface area (Å²) in [4.78, 5) is 7.73. The number of aliphatic hydroxyl groups excluding tert-OH is 1. The molecular weight excluding hydrogens is 286 g/mol. The molecule has 6 heteroatoms. The molecule has 0 amide bonds. The van der Waals surface area contributed by atoms with Crippen molar-refractivity contribution in [2.24, 2.45) is 0 Å². The maximum Gasteiger partial charge on any atom is 0.166 e. The quantitative estimate of drug-likeness (QED) is 0.715. The van der Waals surface area contributed by atoms with Crippen molar-refractivity contribution in [3.8, 4) is 5.75 Å². The number of fused-ring (bicyclic) bond motifs is 1. The molecule has 1 atom stereocenters. The minimum atomic E-state index is -0.406. The molecule has 1 unspecified atom stereocenters. The maximum atomic E-state index is 9.99. The van der Waals surface area contributed by atoms with E-state index in [-0.39, 0.29) is 5.54 Å². The first-order chi connectivity index (χ1) is 9.87. The summed E-state index contributed by atoms with van der Waals surface area (Å²) in [6, 6.07) is 5.73. The summed E-state index contributed by atoms with van der Waals surface area (Å²) >= 11 is 1.52. The normalized spacial score (nSPS) is 13.6. The molecule has 0 bridgehead atoms. The standard InChI is InChI=1S/C15H23N3O2S/c1-15(2,3)16-8-10(19)9-21-14-17-12-6-5-11(20-4)7-13(12)18-14/h5-7,10,16,19H,8-9H2,1-4H3,(H,17,18). The number of hydrogen-bond acceptors (Lipinski definition) is 5. The SMILES string of the molecule is COc1ccc2nc(SCC(O)CNC(C)(C)C)[nH]c2c1. The number of nitrogens with zero attached hydrogens (tertiary/aromatic N) is 1. The van der Waals surface area contributed by atoms with E-state index in [2.05, 4.69) is 36.1 Å². The number of thioether (sulfide) groups is 1. The summed E-state index contributed by atoms with van der Waals surface area (Å²) in [5.74, 6) is 1.40. The van der Waals surface area contributed by atoms with E-state index < -0.39 is 6.10 Å². The first-order valence-corrected chi connectivity index (χ1v) is 7.95. The van der Waals surface area contributed by atoms with Gasteiger partial charge in [0.15, 0.2) is 5.16 Å². The van der Waals surface area contributed by atoms with Gasteiger partial charge in [0, 0.05) is 23.9 Å². The van der Waals surface area contributed by atoms with Crippen molar-refractivity contribution in [3.05, 3.63) is 18.2 Å². The van der Waals surface area contributed by atoms with Crippen LogP contribution in [-0.2, 0) is 0 Å². The smallest absolute Gasteiger partial charge is 0.166 e. The van der Waals surface area contributed by atoms with Crippen molar-refractivity contribution in [3.63, 3.8) is 0 Å². The Morgan fingerprint density at radius 3 is 2.86 bits per heavy atom. The molecule has 3 N–H and O–H groups in total. The number of benzene rings is 1. The van der Waals surface area contributed by atoms with E-state index in [1.54, 1.807) is 7.11 Å². The fourth-order valence-electron chi connectivity index (χ4n) is 1.82. The van der Waals surface area contributed by atoms with E-state index in [1.165, 1.54) is 11.8 Å². The highest BCUT2D eigenvalue weighted by Gasteiger charge is 2.13. The predicted molar refractivity (Wildman–Crippen MR) is 87.1 cm³/mol. The molecule has 1 heterocycles. The molecule has 0 spiro atoms. The van der Waals surface area contributed by atoms with Gasteiger partial charge in [0.05, 0.1) is 24.2 Å². The fraction of sp³-hybridized carbons (Fsp3) is 0.533. The molecule has 0 aliphatic heterocycles. The minimum absolute atomic E-state index is 0.0154. The van der Waals surface area contributed by atoms with Crippen LogP contribution in [0.2, 0.25) is 0 Å². The molecule has 0 saturated heterocycles. The van der Waals surface area contributed by atoms with E-state index >= 15 is 0 Å². The Labute approximate surface area is 129 Å². The Balaban J connectivity index is 1.91. The van der Waals surface area contributed by atoms with Gasteiger partial charge in [0.1, 0.15) is 5.75 Å². The van der Waals surface area contributed by atoms with Gasteiger partial charge in [0.25, 0.3) is 0 Å². The van der Waals surface area contributed by atoms with E-state index in [0.717, 1.165) is 21.9 Å². The Morgan fingerprint density at radius 2 is 2.19 bits per heavy atom. The van der Waals surface area contributed by atoms with Gasteiger partial charge in [-0.15, -0.1) is 0 Å². The number of ether oxygens (including phenoxy) is 1. The number of hydrogen-bond donors (Lipinski definition) is 3. The topological polar surface area (TPSA) is 70.2 Å². The van der Waals surface area contributed by atoms with Gasteiger partial charge < -0.3 is 20.1 Å². The first kappa shape index (κ1) is 16.1. The molecule has 1 aromatic heterocycles.